The van der Waals surface area contributed by atoms with Crippen LogP contribution in [0.4, 0.5) is 17.8 Å². The van der Waals surface area contributed by atoms with Crippen LogP contribution in [0.1, 0.15) is 25.3 Å². The molecule has 0 spiro atoms. The fourth-order valence-corrected chi connectivity index (χ4v) is 4.10. The topological polar surface area (TPSA) is 101 Å². The van der Waals surface area contributed by atoms with Gasteiger partial charge in [-0.15, -0.1) is 0 Å². The number of nitrogens with two attached hydrogens (primary N) is 1. The molecule has 0 amide bonds. The summed E-state index contributed by atoms with van der Waals surface area (Å²) in [7, 11) is 1.67. The number of halogens is 1. The number of hydrogen-bond acceptors (Lipinski definition) is 8. The predicted molar refractivity (Wildman–Crippen MR) is 116 cm³/mol. The zero-order valence-corrected chi connectivity index (χ0v) is 17.9. The van der Waals surface area contributed by atoms with E-state index in [4.69, 9.17) is 10.5 Å². The van der Waals surface area contributed by atoms with Crippen molar-refractivity contribution < 1.29 is 4.74 Å². The molecule has 4 N–H and O–H groups in total. The third-order valence-electron chi connectivity index (χ3n) is 4.72. The minimum absolute atomic E-state index is 0.207. The highest BCUT2D eigenvalue weighted by Gasteiger charge is 2.22. The van der Waals surface area contributed by atoms with Crippen LogP contribution >= 0.6 is 22.6 Å². The average molecular weight is 483 g/mol. The molecule has 2 aromatic rings. The first-order valence-corrected chi connectivity index (χ1v) is 10.2. The standard InChI is InChI=1S/C18H26IN7O/c1-3-26-8-4-5-13(26)11-22-18-24-16(20)23-17(25-18)21-10-12-6-7-15(27-2)14(19)9-12/h6-7,9,13H,3-5,8,10-11H2,1-2H3,(H4,20,21,22,23,24,25). The van der Waals surface area contributed by atoms with Crippen LogP contribution in [0.2, 0.25) is 0 Å². The molecule has 3 rings (SSSR count). The maximum atomic E-state index is 5.86. The summed E-state index contributed by atoms with van der Waals surface area (Å²) in [5.41, 5.74) is 6.97. The summed E-state index contributed by atoms with van der Waals surface area (Å²) in [6.07, 6.45) is 2.44. The zero-order valence-electron chi connectivity index (χ0n) is 15.7. The van der Waals surface area contributed by atoms with Gasteiger partial charge in [0.05, 0.1) is 10.7 Å². The summed E-state index contributed by atoms with van der Waals surface area (Å²) >= 11 is 2.26. The number of anilines is 3. The van der Waals surface area contributed by atoms with Gasteiger partial charge in [0.1, 0.15) is 5.75 Å². The molecule has 1 unspecified atom stereocenters. The largest absolute Gasteiger partial charge is 0.496 e. The quantitative estimate of drug-likeness (QED) is 0.493. The monoisotopic (exact) mass is 483 g/mol. The van der Waals surface area contributed by atoms with Crippen LogP contribution in [-0.2, 0) is 6.54 Å². The second-order valence-electron chi connectivity index (χ2n) is 6.47. The van der Waals surface area contributed by atoms with E-state index in [1.807, 2.05) is 12.1 Å². The highest BCUT2D eigenvalue weighted by molar-refractivity contribution is 14.1. The summed E-state index contributed by atoms with van der Waals surface area (Å²) in [6.45, 7) is 5.83. The average Bonchev–Trinajstić information content (AvgIpc) is 3.12. The van der Waals surface area contributed by atoms with Crippen LogP contribution in [0.5, 0.6) is 5.75 Å². The first-order valence-electron chi connectivity index (χ1n) is 9.14. The number of benzene rings is 1. The predicted octanol–water partition coefficient (Wildman–Crippen LogP) is 2.58. The van der Waals surface area contributed by atoms with E-state index in [1.165, 1.54) is 12.8 Å². The van der Waals surface area contributed by atoms with Crippen LogP contribution < -0.4 is 21.1 Å². The first kappa shape index (κ1) is 19.9. The highest BCUT2D eigenvalue weighted by Crippen LogP contribution is 2.22. The Balaban J connectivity index is 1.60. The molecule has 146 valence electrons. The fraction of sp³-hybridized carbons (Fsp3) is 0.500. The maximum Gasteiger partial charge on any atom is 0.229 e. The number of nitrogen functional groups attached to an aromatic ring is 1. The number of likely N-dealkylation sites (tertiary alicyclic amines) is 1. The lowest BCUT2D eigenvalue weighted by Crippen LogP contribution is -2.35. The Morgan fingerprint density at radius 2 is 2.04 bits per heavy atom. The van der Waals surface area contributed by atoms with Crippen molar-refractivity contribution in [3.63, 3.8) is 0 Å². The summed E-state index contributed by atoms with van der Waals surface area (Å²) in [6, 6.07) is 6.55. The SMILES string of the molecule is CCN1CCCC1CNc1nc(N)nc(NCc2ccc(OC)c(I)c2)n1. The second kappa shape index (κ2) is 9.36. The van der Waals surface area contributed by atoms with Crippen molar-refractivity contribution in [2.75, 3.05) is 43.1 Å². The van der Waals surface area contributed by atoms with Crippen molar-refractivity contribution in [1.82, 2.24) is 19.9 Å². The van der Waals surface area contributed by atoms with E-state index < -0.39 is 0 Å². The van der Waals surface area contributed by atoms with E-state index in [2.05, 4.69) is 66.1 Å². The molecule has 0 aliphatic carbocycles. The van der Waals surface area contributed by atoms with Gasteiger partial charge in [0.25, 0.3) is 0 Å². The Morgan fingerprint density at radius 3 is 2.74 bits per heavy atom. The lowest BCUT2D eigenvalue weighted by atomic mass is 10.2. The summed E-state index contributed by atoms with van der Waals surface area (Å²) < 4.78 is 6.35. The van der Waals surface area contributed by atoms with Crippen molar-refractivity contribution in [2.24, 2.45) is 0 Å². The number of hydrogen-bond donors (Lipinski definition) is 3. The lowest BCUT2D eigenvalue weighted by molar-refractivity contribution is 0.277. The van der Waals surface area contributed by atoms with E-state index in [0.29, 0.717) is 24.5 Å². The highest BCUT2D eigenvalue weighted by atomic mass is 127. The van der Waals surface area contributed by atoms with Gasteiger partial charge in [-0.1, -0.05) is 13.0 Å². The normalized spacial score (nSPS) is 17.1. The molecular formula is C18H26IN7O. The molecular weight excluding hydrogens is 457 g/mol. The van der Waals surface area contributed by atoms with Gasteiger partial charge < -0.3 is 21.1 Å². The molecule has 1 aliphatic heterocycles. The molecule has 1 aromatic carbocycles. The van der Waals surface area contributed by atoms with Gasteiger partial charge in [0.15, 0.2) is 0 Å². The zero-order chi connectivity index (χ0) is 19.2. The Labute approximate surface area is 173 Å². The van der Waals surface area contributed by atoms with Gasteiger partial charge in [-0.05, 0) is 66.2 Å². The fourth-order valence-electron chi connectivity index (χ4n) is 3.30. The first-order chi connectivity index (χ1) is 13.1. The van der Waals surface area contributed by atoms with E-state index in [9.17, 15) is 0 Å². The van der Waals surface area contributed by atoms with Crippen LogP contribution in [0.3, 0.4) is 0 Å². The van der Waals surface area contributed by atoms with E-state index in [0.717, 1.165) is 34.5 Å². The minimum atomic E-state index is 0.207. The Hall–Kier alpha value is -1.88. The van der Waals surface area contributed by atoms with Gasteiger partial charge in [0, 0.05) is 19.1 Å². The lowest BCUT2D eigenvalue weighted by Gasteiger charge is -2.22. The van der Waals surface area contributed by atoms with E-state index in [-0.39, 0.29) is 5.95 Å². The van der Waals surface area contributed by atoms with Crippen molar-refractivity contribution in [3.8, 4) is 5.75 Å². The van der Waals surface area contributed by atoms with Crippen LogP contribution in [-0.4, -0.2) is 52.6 Å². The molecule has 0 saturated carbocycles. The van der Waals surface area contributed by atoms with Gasteiger partial charge in [0.2, 0.25) is 17.8 Å². The third kappa shape index (κ3) is 5.32. The maximum absolute atomic E-state index is 5.86. The number of rotatable bonds is 8. The Kier molecular flexibility index (Phi) is 6.89. The number of ether oxygens (including phenoxy) is 1. The van der Waals surface area contributed by atoms with Crippen LogP contribution in [0.25, 0.3) is 0 Å². The molecule has 27 heavy (non-hydrogen) atoms. The second-order valence-corrected chi connectivity index (χ2v) is 7.63. The summed E-state index contributed by atoms with van der Waals surface area (Å²) in [4.78, 5) is 15.3. The van der Waals surface area contributed by atoms with E-state index >= 15 is 0 Å². The number of nitrogens with zero attached hydrogens (tertiary/aromatic N) is 4. The minimum Gasteiger partial charge on any atom is -0.496 e. The van der Waals surface area contributed by atoms with Crippen molar-refractivity contribution in [1.29, 1.82) is 0 Å². The van der Waals surface area contributed by atoms with E-state index in [1.54, 1.807) is 7.11 Å². The number of aromatic nitrogens is 3. The Morgan fingerprint density at radius 1 is 1.26 bits per heavy atom. The van der Waals surface area contributed by atoms with Crippen molar-refractivity contribution >= 4 is 40.4 Å². The number of methoxy groups -OCH3 is 1. The molecule has 1 atom stereocenters. The third-order valence-corrected chi connectivity index (χ3v) is 5.56. The molecule has 0 bridgehead atoms. The van der Waals surface area contributed by atoms with Crippen molar-refractivity contribution in [2.45, 2.75) is 32.4 Å². The molecule has 1 aromatic heterocycles. The Bertz CT molecular complexity index is 773. The summed E-state index contributed by atoms with van der Waals surface area (Å²) in [5.74, 6) is 2.05. The molecule has 2 heterocycles. The smallest absolute Gasteiger partial charge is 0.229 e. The number of likely N-dealkylation sites (N-methyl/N-ethyl adjacent to an activating group) is 1. The van der Waals surface area contributed by atoms with Gasteiger partial charge in [-0.2, -0.15) is 15.0 Å². The molecule has 1 fully saturated rings. The number of nitrogens with one attached hydrogen (secondary N) is 2. The molecule has 1 aliphatic rings. The summed E-state index contributed by atoms with van der Waals surface area (Å²) in [5, 5.41) is 6.53. The molecule has 8 nitrogen and oxygen atoms in total. The van der Waals surface area contributed by atoms with Crippen LogP contribution in [0, 0.1) is 3.57 Å². The van der Waals surface area contributed by atoms with Crippen molar-refractivity contribution in [3.05, 3.63) is 27.3 Å². The van der Waals surface area contributed by atoms with Gasteiger partial charge >= 0.3 is 0 Å². The molecule has 1 saturated heterocycles. The molecule has 0 radical (unpaired) electrons. The molecule has 9 heteroatoms. The van der Waals surface area contributed by atoms with Gasteiger partial charge in [-0.25, -0.2) is 0 Å². The van der Waals surface area contributed by atoms with Gasteiger partial charge in [-0.3, -0.25) is 4.90 Å². The van der Waals surface area contributed by atoms with Crippen LogP contribution in [0.15, 0.2) is 18.2 Å².